The van der Waals surface area contributed by atoms with Gasteiger partial charge in [0.15, 0.2) is 0 Å². The summed E-state index contributed by atoms with van der Waals surface area (Å²) in [6.45, 7) is 2.72. The van der Waals surface area contributed by atoms with Crippen molar-refractivity contribution < 1.29 is 9.59 Å². The molecular weight excluding hydrogens is 304 g/mol. The van der Waals surface area contributed by atoms with Crippen LogP contribution in [0.5, 0.6) is 0 Å². The van der Waals surface area contributed by atoms with Crippen molar-refractivity contribution in [3.05, 3.63) is 23.2 Å². The average molecular weight is 320 g/mol. The summed E-state index contributed by atoms with van der Waals surface area (Å²) in [5.74, 6) is -0.514. The number of nitrogens with zero attached hydrogens (tertiary/aromatic N) is 4. The van der Waals surface area contributed by atoms with E-state index in [0.29, 0.717) is 24.6 Å². The van der Waals surface area contributed by atoms with Crippen LogP contribution in [0.3, 0.4) is 0 Å². The Labute approximate surface area is 131 Å². The van der Waals surface area contributed by atoms with Gasteiger partial charge in [-0.05, 0) is 6.92 Å². The lowest BCUT2D eigenvalue weighted by atomic mass is 10.1. The van der Waals surface area contributed by atoms with E-state index in [1.54, 1.807) is 17.4 Å². The molecule has 1 atom stereocenters. The summed E-state index contributed by atoms with van der Waals surface area (Å²) in [6, 6.07) is 0. The second-order valence-electron chi connectivity index (χ2n) is 5.13. The molecule has 2 aromatic rings. The molecular formula is C13H16N6O2S. The van der Waals surface area contributed by atoms with Crippen LogP contribution < -0.4 is 10.2 Å². The first-order valence-corrected chi connectivity index (χ1v) is 7.80. The van der Waals surface area contributed by atoms with Crippen molar-refractivity contribution in [3.63, 3.8) is 0 Å². The number of anilines is 1. The molecule has 1 aliphatic rings. The number of hydrogen-bond donors (Lipinski definition) is 2. The van der Waals surface area contributed by atoms with Crippen molar-refractivity contribution in [1.29, 1.82) is 0 Å². The Kier molecular flexibility index (Phi) is 4.14. The van der Waals surface area contributed by atoms with Crippen molar-refractivity contribution in [2.75, 3.05) is 18.0 Å². The summed E-state index contributed by atoms with van der Waals surface area (Å²) >= 11 is 1.36. The standard InChI is InChI=1S/C13H16N6O2S/c1-8-17-18-13(22-8)19-6-9(4-11(19)20)12(21)15-3-2-10-5-14-7-16-10/h5,7,9H,2-4,6H2,1H3,(H,14,16)(H,15,21). The van der Waals surface area contributed by atoms with E-state index in [1.165, 1.54) is 11.3 Å². The number of hydrogen-bond acceptors (Lipinski definition) is 6. The first kappa shape index (κ1) is 14.6. The molecule has 2 amide bonds. The molecule has 0 spiro atoms. The zero-order chi connectivity index (χ0) is 15.5. The Hall–Kier alpha value is -2.29. The van der Waals surface area contributed by atoms with Crippen LogP contribution in [-0.4, -0.2) is 45.1 Å². The molecule has 3 rings (SSSR count). The highest BCUT2D eigenvalue weighted by molar-refractivity contribution is 7.15. The van der Waals surface area contributed by atoms with Gasteiger partial charge in [0, 0.05) is 37.8 Å². The molecule has 1 fully saturated rings. The van der Waals surface area contributed by atoms with Gasteiger partial charge in [-0.1, -0.05) is 11.3 Å². The monoisotopic (exact) mass is 320 g/mol. The molecule has 9 heteroatoms. The molecule has 1 aliphatic heterocycles. The van der Waals surface area contributed by atoms with Crippen molar-refractivity contribution in [2.45, 2.75) is 19.8 Å². The maximum atomic E-state index is 12.2. The summed E-state index contributed by atoms with van der Waals surface area (Å²) in [5, 5.41) is 12.1. The summed E-state index contributed by atoms with van der Waals surface area (Å²) in [4.78, 5) is 32.6. The molecule has 0 aromatic carbocycles. The van der Waals surface area contributed by atoms with Crippen LogP contribution in [0.4, 0.5) is 5.13 Å². The highest BCUT2D eigenvalue weighted by atomic mass is 32.1. The number of aromatic amines is 1. The normalized spacial score (nSPS) is 18.0. The minimum Gasteiger partial charge on any atom is -0.355 e. The zero-order valence-electron chi connectivity index (χ0n) is 12.1. The van der Waals surface area contributed by atoms with Gasteiger partial charge in [0.1, 0.15) is 5.01 Å². The molecule has 1 unspecified atom stereocenters. The van der Waals surface area contributed by atoms with E-state index >= 15 is 0 Å². The predicted octanol–water partition coefficient (Wildman–Crippen LogP) is 0.281. The first-order valence-electron chi connectivity index (χ1n) is 6.99. The summed E-state index contributed by atoms with van der Waals surface area (Å²) in [7, 11) is 0. The average Bonchev–Trinajstić information content (AvgIpc) is 3.20. The summed E-state index contributed by atoms with van der Waals surface area (Å²) in [6.07, 6.45) is 4.24. The molecule has 2 N–H and O–H groups in total. The fourth-order valence-corrected chi connectivity index (χ4v) is 3.06. The molecule has 0 aliphatic carbocycles. The van der Waals surface area contributed by atoms with Crippen LogP contribution in [-0.2, 0) is 16.0 Å². The van der Waals surface area contributed by atoms with Gasteiger partial charge in [0.2, 0.25) is 16.9 Å². The maximum absolute atomic E-state index is 12.2. The second kappa shape index (κ2) is 6.22. The fourth-order valence-electron chi connectivity index (χ4n) is 2.35. The zero-order valence-corrected chi connectivity index (χ0v) is 12.9. The summed E-state index contributed by atoms with van der Waals surface area (Å²) < 4.78 is 0. The number of carbonyl (C=O) groups excluding carboxylic acids is 2. The van der Waals surface area contributed by atoms with Crippen molar-refractivity contribution >= 4 is 28.3 Å². The molecule has 0 saturated carbocycles. The first-order chi connectivity index (χ1) is 10.6. The highest BCUT2D eigenvalue weighted by Gasteiger charge is 2.36. The Morgan fingerprint density at radius 2 is 2.41 bits per heavy atom. The third-order valence-corrected chi connectivity index (χ3v) is 4.35. The number of imidazole rings is 1. The number of aryl methyl sites for hydroxylation is 1. The van der Waals surface area contributed by atoms with Gasteiger partial charge < -0.3 is 10.3 Å². The van der Waals surface area contributed by atoms with Crippen LogP contribution in [0.15, 0.2) is 12.5 Å². The van der Waals surface area contributed by atoms with Gasteiger partial charge in [-0.2, -0.15) is 0 Å². The van der Waals surface area contributed by atoms with Crippen LogP contribution in [0.2, 0.25) is 0 Å². The van der Waals surface area contributed by atoms with E-state index in [0.717, 1.165) is 10.7 Å². The van der Waals surface area contributed by atoms with Gasteiger partial charge in [-0.25, -0.2) is 4.98 Å². The van der Waals surface area contributed by atoms with E-state index in [-0.39, 0.29) is 24.2 Å². The Morgan fingerprint density at radius 3 is 3.09 bits per heavy atom. The Morgan fingerprint density at radius 1 is 1.55 bits per heavy atom. The molecule has 3 heterocycles. The molecule has 22 heavy (non-hydrogen) atoms. The SMILES string of the molecule is Cc1nnc(N2CC(C(=O)NCCc3cnc[nH]3)CC2=O)s1. The van der Waals surface area contributed by atoms with Crippen LogP contribution in [0.1, 0.15) is 17.1 Å². The molecule has 2 aromatic heterocycles. The quantitative estimate of drug-likeness (QED) is 0.823. The Balaban J connectivity index is 1.52. The number of nitrogens with one attached hydrogen (secondary N) is 2. The topological polar surface area (TPSA) is 104 Å². The lowest BCUT2D eigenvalue weighted by molar-refractivity contribution is -0.126. The molecule has 0 bridgehead atoms. The van der Waals surface area contributed by atoms with E-state index in [1.807, 2.05) is 6.92 Å². The number of carbonyl (C=O) groups is 2. The van der Waals surface area contributed by atoms with Crippen LogP contribution in [0.25, 0.3) is 0 Å². The van der Waals surface area contributed by atoms with Crippen molar-refractivity contribution in [3.8, 4) is 0 Å². The fraction of sp³-hybridized carbons (Fsp3) is 0.462. The van der Waals surface area contributed by atoms with Crippen LogP contribution >= 0.6 is 11.3 Å². The Bertz CT molecular complexity index is 668. The molecule has 1 saturated heterocycles. The largest absolute Gasteiger partial charge is 0.355 e. The lowest BCUT2D eigenvalue weighted by Gasteiger charge is -2.12. The number of amides is 2. The molecule has 8 nitrogen and oxygen atoms in total. The van der Waals surface area contributed by atoms with Gasteiger partial charge in [-0.3, -0.25) is 14.5 Å². The van der Waals surface area contributed by atoms with E-state index in [9.17, 15) is 9.59 Å². The van der Waals surface area contributed by atoms with Crippen LogP contribution in [0, 0.1) is 12.8 Å². The maximum Gasteiger partial charge on any atom is 0.229 e. The minimum absolute atomic E-state index is 0.0788. The van der Waals surface area contributed by atoms with E-state index < -0.39 is 0 Å². The van der Waals surface area contributed by atoms with Gasteiger partial charge >= 0.3 is 0 Å². The number of rotatable bonds is 5. The molecule has 0 radical (unpaired) electrons. The smallest absolute Gasteiger partial charge is 0.229 e. The van der Waals surface area contributed by atoms with Gasteiger partial charge in [0.05, 0.1) is 12.2 Å². The third kappa shape index (κ3) is 3.14. The summed E-state index contributed by atoms with van der Waals surface area (Å²) in [5.41, 5.74) is 0.966. The van der Waals surface area contributed by atoms with E-state index in [4.69, 9.17) is 0 Å². The van der Waals surface area contributed by atoms with E-state index in [2.05, 4.69) is 25.5 Å². The van der Waals surface area contributed by atoms with Gasteiger partial charge in [-0.15, -0.1) is 10.2 Å². The number of aromatic nitrogens is 4. The highest BCUT2D eigenvalue weighted by Crippen LogP contribution is 2.27. The lowest BCUT2D eigenvalue weighted by Crippen LogP contribution is -2.34. The number of H-pyrrole nitrogens is 1. The van der Waals surface area contributed by atoms with Crippen molar-refractivity contribution in [1.82, 2.24) is 25.5 Å². The van der Waals surface area contributed by atoms with Gasteiger partial charge in [0.25, 0.3) is 0 Å². The second-order valence-corrected chi connectivity index (χ2v) is 6.29. The predicted molar refractivity (Wildman–Crippen MR) is 80.4 cm³/mol. The third-order valence-electron chi connectivity index (χ3n) is 3.49. The van der Waals surface area contributed by atoms with Crippen molar-refractivity contribution in [2.24, 2.45) is 5.92 Å². The molecule has 116 valence electrons. The minimum atomic E-state index is -0.335.